The van der Waals surface area contributed by atoms with Crippen molar-refractivity contribution in [2.75, 3.05) is 10.2 Å². The summed E-state index contributed by atoms with van der Waals surface area (Å²) in [5, 5.41) is 14.7. The predicted molar refractivity (Wildman–Crippen MR) is 173 cm³/mol. The Hall–Kier alpha value is -5.37. The van der Waals surface area contributed by atoms with E-state index in [-0.39, 0.29) is 22.9 Å². The maximum atomic E-state index is 15.0. The number of amides is 1. The van der Waals surface area contributed by atoms with Gasteiger partial charge in [0.1, 0.15) is 11.5 Å². The molecule has 0 unspecified atom stereocenters. The third-order valence-corrected chi connectivity index (χ3v) is 9.32. The molecule has 0 saturated carbocycles. The van der Waals surface area contributed by atoms with Gasteiger partial charge in [-0.25, -0.2) is 0 Å². The van der Waals surface area contributed by atoms with Gasteiger partial charge in [0.25, 0.3) is 5.69 Å². The van der Waals surface area contributed by atoms with E-state index in [2.05, 4.69) is 19.2 Å². The van der Waals surface area contributed by atoms with Crippen molar-refractivity contribution in [1.82, 2.24) is 0 Å². The number of anilines is 2. The van der Waals surface area contributed by atoms with E-state index in [0.29, 0.717) is 28.4 Å². The van der Waals surface area contributed by atoms with E-state index in [9.17, 15) is 24.5 Å². The summed E-state index contributed by atoms with van der Waals surface area (Å²) in [6, 6.07) is 26.1. The summed E-state index contributed by atoms with van der Waals surface area (Å²) in [6.07, 6.45) is 4.70. The predicted octanol–water partition coefficient (Wildman–Crippen LogP) is 6.65. The molecule has 1 fully saturated rings. The molecule has 8 heteroatoms. The molecule has 1 spiro atoms. The standard InChI is InChI=1S/C37H31N3O5/c1-22(2)20-23-14-16-25(17-15-23)34(41)32-33(35(42)26-9-7-10-27(21-26)40(44)45)39-30-13-6-3-8-24(30)18-19-31(39)37(32)28-11-4-5-12-29(28)38-36(37)43/h3-19,21-22,31-33H,20H2,1-2H3,(H,38,43)/t31-,32-,33-,37+/m1/s1. The molecule has 3 aliphatic heterocycles. The molecule has 7 rings (SSSR count). The van der Waals surface area contributed by atoms with E-state index in [1.807, 2.05) is 77.7 Å². The SMILES string of the molecule is CC(C)Cc1ccc(C(=O)[C@H]2[C@H](C(=O)c3cccc([N+](=O)[O-])c3)N3c4ccccc4C=C[C@@H]3[C@]23C(=O)Nc2ccccc23)cc1. The van der Waals surface area contributed by atoms with Gasteiger partial charge in [-0.15, -0.1) is 0 Å². The number of ketones is 2. The Balaban J connectivity index is 1.48. The van der Waals surface area contributed by atoms with Gasteiger partial charge >= 0.3 is 0 Å². The van der Waals surface area contributed by atoms with Crippen LogP contribution in [-0.4, -0.2) is 34.5 Å². The third-order valence-electron chi connectivity index (χ3n) is 9.32. The number of para-hydroxylation sites is 2. The smallest absolute Gasteiger partial charge is 0.270 e. The highest BCUT2D eigenvalue weighted by atomic mass is 16.6. The Kier molecular flexibility index (Phi) is 6.73. The van der Waals surface area contributed by atoms with E-state index in [0.717, 1.165) is 17.5 Å². The molecule has 1 saturated heterocycles. The number of non-ortho nitro benzene ring substituents is 1. The van der Waals surface area contributed by atoms with Gasteiger partial charge in [0.15, 0.2) is 11.6 Å². The Morgan fingerprint density at radius 3 is 2.40 bits per heavy atom. The minimum atomic E-state index is -1.45. The Morgan fingerprint density at radius 2 is 1.64 bits per heavy atom. The highest BCUT2D eigenvalue weighted by Gasteiger charge is 2.70. The second-order valence-corrected chi connectivity index (χ2v) is 12.4. The molecule has 0 aliphatic carbocycles. The number of hydrogen-bond acceptors (Lipinski definition) is 6. The highest BCUT2D eigenvalue weighted by Crippen LogP contribution is 2.58. The second-order valence-electron chi connectivity index (χ2n) is 12.4. The second kappa shape index (κ2) is 10.7. The van der Waals surface area contributed by atoms with Gasteiger partial charge in [0, 0.05) is 34.6 Å². The molecular formula is C37H31N3O5. The van der Waals surface area contributed by atoms with Crippen LogP contribution in [0, 0.1) is 22.0 Å². The molecule has 1 N–H and O–H groups in total. The Morgan fingerprint density at radius 1 is 0.911 bits per heavy atom. The summed E-state index contributed by atoms with van der Waals surface area (Å²) in [7, 11) is 0. The molecule has 1 amide bonds. The topological polar surface area (TPSA) is 110 Å². The summed E-state index contributed by atoms with van der Waals surface area (Å²) < 4.78 is 0. The van der Waals surface area contributed by atoms with Crippen molar-refractivity contribution in [2.24, 2.45) is 11.8 Å². The largest absolute Gasteiger partial charge is 0.352 e. The van der Waals surface area contributed by atoms with Gasteiger partial charge in [-0.2, -0.15) is 0 Å². The molecule has 8 nitrogen and oxygen atoms in total. The zero-order valence-electron chi connectivity index (χ0n) is 24.8. The quantitative estimate of drug-likeness (QED) is 0.145. The van der Waals surface area contributed by atoms with Gasteiger partial charge < -0.3 is 10.2 Å². The molecule has 0 bridgehead atoms. The highest BCUT2D eigenvalue weighted by molar-refractivity contribution is 6.18. The minimum absolute atomic E-state index is 0.105. The lowest BCUT2D eigenvalue weighted by atomic mass is 9.64. The summed E-state index contributed by atoms with van der Waals surface area (Å²) in [5.41, 5.74) is 2.73. The fourth-order valence-electron chi connectivity index (χ4n) is 7.52. The maximum absolute atomic E-state index is 15.0. The minimum Gasteiger partial charge on any atom is -0.352 e. The van der Waals surface area contributed by atoms with Crippen LogP contribution in [0.15, 0.2) is 103 Å². The van der Waals surface area contributed by atoms with Crippen LogP contribution in [0.3, 0.4) is 0 Å². The van der Waals surface area contributed by atoms with Crippen molar-refractivity contribution in [3.8, 4) is 0 Å². The third kappa shape index (κ3) is 4.31. The number of nitrogens with zero attached hydrogens (tertiary/aromatic N) is 2. The Labute approximate surface area is 260 Å². The van der Waals surface area contributed by atoms with Crippen molar-refractivity contribution in [1.29, 1.82) is 0 Å². The van der Waals surface area contributed by atoms with Crippen molar-refractivity contribution >= 4 is 40.6 Å². The first-order chi connectivity index (χ1) is 21.7. The number of fused-ring (bicyclic) bond motifs is 6. The molecule has 45 heavy (non-hydrogen) atoms. The van der Waals surface area contributed by atoms with E-state index in [1.165, 1.54) is 24.3 Å². The average Bonchev–Trinajstić information content (AvgIpc) is 3.52. The van der Waals surface area contributed by atoms with Gasteiger partial charge in [-0.05, 0) is 41.2 Å². The number of nitro groups is 1. The maximum Gasteiger partial charge on any atom is 0.270 e. The van der Waals surface area contributed by atoms with Gasteiger partial charge in [-0.3, -0.25) is 24.5 Å². The molecule has 3 heterocycles. The van der Waals surface area contributed by atoms with Crippen molar-refractivity contribution < 1.29 is 19.3 Å². The van der Waals surface area contributed by atoms with Crippen LogP contribution in [0.1, 0.15) is 51.3 Å². The fraction of sp³-hybridized carbons (Fsp3) is 0.216. The summed E-state index contributed by atoms with van der Waals surface area (Å²) in [4.78, 5) is 57.3. The molecule has 4 aromatic rings. The molecule has 3 aliphatic rings. The number of carbonyl (C=O) groups excluding carboxylic acids is 3. The van der Waals surface area contributed by atoms with E-state index in [4.69, 9.17) is 0 Å². The summed E-state index contributed by atoms with van der Waals surface area (Å²) in [5.74, 6) is -1.86. The lowest BCUT2D eigenvalue weighted by Crippen LogP contribution is -2.51. The number of Topliss-reactive ketones (excluding diaryl/α,β-unsaturated/α-hetero) is 2. The molecule has 0 radical (unpaired) electrons. The Bertz CT molecular complexity index is 1910. The zero-order valence-corrected chi connectivity index (χ0v) is 24.8. The average molecular weight is 598 g/mol. The lowest BCUT2D eigenvalue weighted by molar-refractivity contribution is -0.384. The first-order valence-corrected chi connectivity index (χ1v) is 15.1. The van der Waals surface area contributed by atoms with E-state index in [1.54, 1.807) is 12.1 Å². The number of carbonyl (C=O) groups is 3. The number of benzene rings is 4. The summed E-state index contributed by atoms with van der Waals surface area (Å²) >= 11 is 0. The zero-order chi connectivity index (χ0) is 31.5. The first kappa shape index (κ1) is 28.4. The first-order valence-electron chi connectivity index (χ1n) is 15.1. The van der Waals surface area contributed by atoms with Crippen molar-refractivity contribution in [2.45, 2.75) is 37.8 Å². The van der Waals surface area contributed by atoms with Crippen molar-refractivity contribution in [3.63, 3.8) is 0 Å². The number of nitrogens with one attached hydrogen (secondary N) is 1. The van der Waals surface area contributed by atoms with Gasteiger partial charge in [0.05, 0.1) is 16.9 Å². The number of hydrogen-bond donors (Lipinski definition) is 1. The van der Waals surface area contributed by atoms with E-state index >= 15 is 0 Å². The molecule has 4 atom stereocenters. The fourth-order valence-corrected chi connectivity index (χ4v) is 7.52. The lowest BCUT2D eigenvalue weighted by Gasteiger charge is -2.37. The van der Waals surface area contributed by atoms with Crippen LogP contribution in [0.5, 0.6) is 0 Å². The molecule has 0 aromatic heterocycles. The normalized spacial score (nSPS) is 22.6. The van der Waals surface area contributed by atoms with Gasteiger partial charge in [-0.1, -0.05) is 98.8 Å². The van der Waals surface area contributed by atoms with Crippen LogP contribution in [-0.2, 0) is 16.6 Å². The molecule has 224 valence electrons. The van der Waals surface area contributed by atoms with Gasteiger partial charge in [0.2, 0.25) is 5.91 Å². The summed E-state index contributed by atoms with van der Waals surface area (Å²) in [6.45, 7) is 4.26. The number of nitro benzene ring substituents is 1. The monoisotopic (exact) mass is 597 g/mol. The van der Waals surface area contributed by atoms with Crippen LogP contribution in [0.4, 0.5) is 17.1 Å². The molecule has 4 aromatic carbocycles. The number of rotatable bonds is 7. The van der Waals surface area contributed by atoms with Crippen molar-refractivity contribution in [3.05, 3.63) is 141 Å². The van der Waals surface area contributed by atoms with Crippen LogP contribution >= 0.6 is 0 Å². The van der Waals surface area contributed by atoms with Crippen LogP contribution in [0.2, 0.25) is 0 Å². The van der Waals surface area contributed by atoms with E-state index < -0.39 is 34.1 Å². The molecular weight excluding hydrogens is 566 g/mol. The van der Waals surface area contributed by atoms with Crippen LogP contribution in [0.25, 0.3) is 6.08 Å². The van der Waals surface area contributed by atoms with Crippen LogP contribution < -0.4 is 10.2 Å².